The van der Waals surface area contributed by atoms with E-state index in [0.717, 1.165) is 17.6 Å². The van der Waals surface area contributed by atoms with E-state index in [4.69, 9.17) is 4.74 Å². The number of aromatic nitrogens is 1. The third-order valence-electron chi connectivity index (χ3n) is 4.05. The number of hydrogen-bond donors (Lipinski definition) is 2. The van der Waals surface area contributed by atoms with Crippen molar-refractivity contribution in [1.82, 2.24) is 4.98 Å². The van der Waals surface area contributed by atoms with Gasteiger partial charge in [0.25, 0.3) is 5.91 Å². The van der Waals surface area contributed by atoms with Gasteiger partial charge < -0.3 is 10.1 Å². The van der Waals surface area contributed by atoms with E-state index in [-0.39, 0.29) is 30.1 Å². The molecule has 2 amide bonds. The Bertz CT molecular complexity index is 1220. The van der Waals surface area contributed by atoms with Gasteiger partial charge in [-0.3, -0.25) is 19.2 Å². The Labute approximate surface area is 170 Å². The number of amides is 2. The molecular formula is C18H16N4O5S2. The molecule has 0 spiro atoms. The van der Waals surface area contributed by atoms with Crippen molar-refractivity contribution >= 4 is 59.9 Å². The molecule has 2 aromatic carbocycles. The van der Waals surface area contributed by atoms with Crippen molar-refractivity contribution in [1.29, 1.82) is 0 Å². The van der Waals surface area contributed by atoms with Gasteiger partial charge >= 0.3 is 0 Å². The van der Waals surface area contributed by atoms with Crippen LogP contribution in [-0.2, 0) is 19.6 Å². The number of para-hydroxylation sites is 2. The predicted molar refractivity (Wildman–Crippen MR) is 111 cm³/mol. The van der Waals surface area contributed by atoms with Crippen LogP contribution in [0.3, 0.4) is 0 Å². The number of sulfonamides is 1. The van der Waals surface area contributed by atoms with Crippen LogP contribution < -0.4 is 19.7 Å². The fourth-order valence-electron chi connectivity index (χ4n) is 2.88. The van der Waals surface area contributed by atoms with Crippen LogP contribution in [0.1, 0.15) is 0 Å². The Morgan fingerprint density at radius 3 is 2.86 bits per heavy atom. The Balaban J connectivity index is 1.50. The summed E-state index contributed by atoms with van der Waals surface area (Å²) in [5, 5.41) is 3.01. The van der Waals surface area contributed by atoms with E-state index >= 15 is 0 Å². The number of hydrogen-bond acceptors (Lipinski definition) is 7. The average Bonchev–Trinajstić information content (AvgIpc) is 3.03. The van der Waals surface area contributed by atoms with Crippen LogP contribution in [0.15, 0.2) is 42.5 Å². The van der Waals surface area contributed by atoms with E-state index < -0.39 is 10.0 Å². The maximum absolute atomic E-state index is 12.5. The zero-order valence-electron chi connectivity index (χ0n) is 15.2. The summed E-state index contributed by atoms with van der Waals surface area (Å²) in [5.41, 5.74) is 1.68. The highest BCUT2D eigenvalue weighted by atomic mass is 32.2. The van der Waals surface area contributed by atoms with Crippen molar-refractivity contribution in [3.8, 4) is 5.75 Å². The molecule has 0 saturated heterocycles. The van der Waals surface area contributed by atoms with E-state index in [1.165, 1.54) is 4.90 Å². The minimum atomic E-state index is -3.42. The number of benzene rings is 2. The summed E-state index contributed by atoms with van der Waals surface area (Å²) in [6, 6.07) is 12.1. The number of rotatable bonds is 5. The Hall–Kier alpha value is -3.18. The van der Waals surface area contributed by atoms with Crippen LogP contribution in [0, 0.1) is 0 Å². The van der Waals surface area contributed by atoms with Gasteiger partial charge in [0.15, 0.2) is 11.7 Å². The lowest BCUT2D eigenvalue weighted by molar-refractivity contribution is -0.123. The quantitative estimate of drug-likeness (QED) is 0.637. The normalized spacial score (nSPS) is 13.7. The highest BCUT2D eigenvalue weighted by Gasteiger charge is 2.27. The van der Waals surface area contributed by atoms with Crippen molar-refractivity contribution in [3.05, 3.63) is 42.5 Å². The molecule has 4 rings (SSSR count). The van der Waals surface area contributed by atoms with Gasteiger partial charge in [-0.1, -0.05) is 23.5 Å². The fraction of sp³-hybridized carbons (Fsp3) is 0.167. The van der Waals surface area contributed by atoms with Crippen molar-refractivity contribution in [2.24, 2.45) is 0 Å². The molecule has 1 aliphatic rings. The third kappa shape index (κ3) is 4.30. The lowest BCUT2D eigenvalue weighted by Gasteiger charge is -2.28. The third-order valence-corrected chi connectivity index (χ3v) is 5.68. The first-order chi connectivity index (χ1) is 13.8. The van der Waals surface area contributed by atoms with Gasteiger partial charge in [0.2, 0.25) is 15.9 Å². The summed E-state index contributed by atoms with van der Waals surface area (Å²) >= 11 is 1.16. The van der Waals surface area contributed by atoms with Crippen molar-refractivity contribution in [3.63, 3.8) is 0 Å². The van der Waals surface area contributed by atoms with Gasteiger partial charge in [0.1, 0.15) is 12.3 Å². The van der Waals surface area contributed by atoms with E-state index in [1.54, 1.807) is 42.5 Å². The maximum atomic E-state index is 12.5. The second-order valence-electron chi connectivity index (χ2n) is 6.36. The second-order valence-corrected chi connectivity index (χ2v) is 9.14. The molecule has 150 valence electrons. The van der Waals surface area contributed by atoms with E-state index in [0.29, 0.717) is 27.3 Å². The molecule has 0 radical (unpaired) electrons. The standard InChI is InChI=1S/C18H16N4O5S2/c1-29(25,26)21-18-20-12-7-6-11(8-15(12)28-18)19-16(23)9-22-13-4-2-3-5-14(13)27-10-17(22)24/h2-8H,9-10H2,1H3,(H,19,23)(H,20,21). The second kappa shape index (κ2) is 7.33. The molecular weight excluding hydrogens is 416 g/mol. The molecule has 0 aliphatic carbocycles. The van der Waals surface area contributed by atoms with Crippen LogP contribution in [-0.4, -0.2) is 44.6 Å². The zero-order chi connectivity index (χ0) is 20.6. The summed E-state index contributed by atoms with van der Waals surface area (Å²) in [5.74, 6) is -0.112. The topological polar surface area (TPSA) is 118 Å². The average molecular weight is 432 g/mol. The number of thiazole rings is 1. The van der Waals surface area contributed by atoms with E-state index in [2.05, 4.69) is 15.0 Å². The molecule has 1 aromatic heterocycles. The number of carbonyl (C=O) groups is 2. The van der Waals surface area contributed by atoms with Crippen molar-refractivity contribution in [2.75, 3.05) is 34.3 Å². The minimum absolute atomic E-state index is 0.118. The zero-order valence-corrected chi connectivity index (χ0v) is 16.8. The van der Waals surface area contributed by atoms with Gasteiger partial charge in [-0.15, -0.1) is 0 Å². The lowest BCUT2D eigenvalue weighted by Crippen LogP contribution is -2.43. The molecule has 0 unspecified atom stereocenters. The summed E-state index contributed by atoms with van der Waals surface area (Å²) in [7, 11) is -3.42. The van der Waals surface area contributed by atoms with Crippen LogP contribution in [0.2, 0.25) is 0 Å². The summed E-state index contributed by atoms with van der Waals surface area (Å²) < 4.78 is 31.1. The SMILES string of the molecule is CS(=O)(=O)Nc1nc2ccc(NC(=O)CN3C(=O)COc4ccccc43)cc2s1. The number of ether oxygens (including phenoxy) is 1. The highest BCUT2D eigenvalue weighted by molar-refractivity contribution is 7.92. The lowest BCUT2D eigenvalue weighted by atomic mass is 10.2. The molecule has 9 nitrogen and oxygen atoms in total. The molecule has 0 saturated carbocycles. The first kappa shape index (κ1) is 19.2. The van der Waals surface area contributed by atoms with Crippen molar-refractivity contribution < 1.29 is 22.7 Å². The molecule has 0 bridgehead atoms. The largest absolute Gasteiger partial charge is 0.482 e. The Kier molecular flexibility index (Phi) is 4.84. The van der Waals surface area contributed by atoms with Crippen LogP contribution in [0.4, 0.5) is 16.5 Å². The number of carbonyl (C=O) groups excluding carboxylic acids is 2. The minimum Gasteiger partial charge on any atom is -0.482 e. The Morgan fingerprint density at radius 2 is 2.07 bits per heavy atom. The van der Waals surface area contributed by atoms with Gasteiger partial charge in [0.05, 0.1) is 22.2 Å². The number of nitrogens with one attached hydrogen (secondary N) is 2. The molecule has 0 fully saturated rings. The smallest absolute Gasteiger partial charge is 0.265 e. The Morgan fingerprint density at radius 1 is 1.28 bits per heavy atom. The summed E-state index contributed by atoms with van der Waals surface area (Å²) in [4.78, 5) is 30.3. The fourth-order valence-corrected chi connectivity index (χ4v) is 4.62. The van der Waals surface area contributed by atoms with Gasteiger partial charge in [0, 0.05) is 5.69 Å². The number of fused-ring (bicyclic) bond motifs is 2. The van der Waals surface area contributed by atoms with Gasteiger partial charge in [-0.25, -0.2) is 13.4 Å². The first-order valence-corrected chi connectivity index (χ1v) is 11.2. The van der Waals surface area contributed by atoms with Gasteiger partial charge in [-0.05, 0) is 30.3 Å². The summed E-state index contributed by atoms with van der Waals surface area (Å²) in [6.07, 6.45) is 1.05. The van der Waals surface area contributed by atoms with Crippen LogP contribution in [0.5, 0.6) is 5.75 Å². The predicted octanol–water partition coefficient (Wildman–Crippen LogP) is 2.03. The van der Waals surface area contributed by atoms with Gasteiger partial charge in [-0.2, -0.15) is 0 Å². The van der Waals surface area contributed by atoms with E-state index in [1.807, 2.05) is 0 Å². The molecule has 2 heterocycles. The molecule has 3 aromatic rings. The van der Waals surface area contributed by atoms with Crippen LogP contribution in [0.25, 0.3) is 10.2 Å². The maximum Gasteiger partial charge on any atom is 0.265 e. The molecule has 29 heavy (non-hydrogen) atoms. The molecule has 1 aliphatic heterocycles. The monoisotopic (exact) mass is 432 g/mol. The summed E-state index contributed by atoms with van der Waals surface area (Å²) in [6.45, 7) is -0.270. The molecule has 0 atom stereocenters. The van der Waals surface area contributed by atoms with Crippen LogP contribution >= 0.6 is 11.3 Å². The molecule has 2 N–H and O–H groups in total. The van der Waals surface area contributed by atoms with E-state index in [9.17, 15) is 18.0 Å². The number of anilines is 3. The number of nitrogens with zero attached hydrogens (tertiary/aromatic N) is 2. The highest BCUT2D eigenvalue weighted by Crippen LogP contribution is 2.32. The first-order valence-electron chi connectivity index (χ1n) is 8.49. The van der Waals surface area contributed by atoms with Crippen molar-refractivity contribution in [2.45, 2.75) is 0 Å². The molecule has 11 heteroatoms.